The number of hydrazine groups is 1. The zero-order valence-electron chi connectivity index (χ0n) is 13.2. The highest BCUT2D eigenvalue weighted by atomic mass is 16.5. The van der Waals surface area contributed by atoms with E-state index in [-0.39, 0.29) is 6.01 Å². The Balaban J connectivity index is 2.49. The molecule has 0 bridgehead atoms. The predicted molar refractivity (Wildman–Crippen MR) is 84.3 cm³/mol. The van der Waals surface area contributed by atoms with Crippen molar-refractivity contribution < 1.29 is 4.74 Å². The van der Waals surface area contributed by atoms with Crippen molar-refractivity contribution in [2.75, 3.05) is 43.5 Å². The Hall–Kier alpha value is -1.67. The summed E-state index contributed by atoms with van der Waals surface area (Å²) in [7, 11) is 0. The lowest BCUT2D eigenvalue weighted by molar-refractivity contribution is 0.292. The summed E-state index contributed by atoms with van der Waals surface area (Å²) < 4.78 is 5.41. The van der Waals surface area contributed by atoms with Gasteiger partial charge in [-0.3, -0.25) is 5.43 Å². The number of aromatic nitrogens is 3. The molecule has 21 heavy (non-hydrogen) atoms. The molecule has 0 amide bonds. The Morgan fingerprint density at radius 3 is 2.43 bits per heavy atom. The van der Waals surface area contributed by atoms with E-state index in [1.165, 1.54) is 0 Å². The number of nitrogens with one attached hydrogen (secondary N) is 2. The standard InChI is InChI=1S/C13H27N7O/c1-4-10-21-13-17-11(16-12(18-13)19-14)15-8-7-9-20(5-2)6-3/h4-10,14H2,1-3H3,(H2,15,16,17,18,19). The maximum absolute atomic E-state index is 5.41. The zero-order chi connectivity index (χ0) is 15.5. The van der Waals surface area contributed by atoms with Crippen LogP contribution in [0.2, 0.25) is 0 Å². The van der Waals surface area contributed by atoms with Gasteiger partial charge in [0.15, 0.2) is 0 Å². The molecule has 0 aliphatic carbocycles. The number of nitrogen functional groups attached to an aromatic ring is 1. The molecule has 0 spiro atoms. The third-order valence-corrected chi connectivity index (χ3v) is 3.01. The molecule has 1 aromatic heterocycles. The summed E-state index contributed by atoms with van der Waals surface area (Å²) >= 11 is 0. The minimum absolute atomic E-state index is 0.283. The fraction of sp³-hybridized carbons (Fsp3) is 0.769. The third-order valence-electron chi connectivity index (χ3n) is 3.01. The number of nitrogens with zero attached hydrogens (tertiary/aromatic N) is 4. The van der Waals surface area contributed by atoms with E-state index in [0.29, 0.717) is 18.5 Å². The van der Waals surface area contributed by atoms with Gasteiger partial charge in [-0.15, -0.1) is 0 Å². The number of nitrogens with two attached hydrogens (primary N) is 1. The second-order valence-corrected chi connectivity index (χ2v) is 4.57. The molecule has 0 aliphatic rings. The number of hydrogen-bond donors (Lipinski definition) is 3. The van der Waals surface area contributed by atoms with Crippen LogP contribution in [0.15, 0.2) is 0 Å². The molecule has 0 fully saturated rings. The Bertz CT molecular complexity index is 398. The Labute approximate surface area is 126 Å². The van der Waals surface area contributed by atoms with Gasteiger partial charge in [0.2, 0.25) is 11.9 Å². The van der Waals surface area contributed by atoms with Crippen LogP contribution in [0.3, 0.4) is 0 Å². The van der Waals surface area contributed by atoms with E-state index in [2.05, 4.69) is 44.4 Å². The first kappa shape index (κ1) is 17.4. The number of anilines is 2. The molecule has 8 heteroatoms. The van der Waals surface area contributed by atoms with Crippen molar-refractivity contribution in [1.82, 2.24) is 19.9 Å². The van der Waals surface area contributed by atoms with Crippen LogP contribution in [-0.2, 0) is 0 Å². The lowest BCUT2D eigenvalue weighted by atomic mass is 10.3. The van der Waals surface area contributed by atoms with Gasteiger partial charge in [-0.1, -0.05) is 20.8 Å². The second kappa shape index (κ2) is 10.1. The minimum Gasteiger partial charge on any atom is -0.463 e. The van der Waals surface area contributed by atoms with Crippen molar-refractivity contribution in [3.63, 3.8) is 0 Å². The fourth-order valence-electron chi connectivity index (χ4n) is 1.80. The van der Waals surface area contributed by atoms with Crippen molar-refractivity contribution in [3.05, 3.63) is 0 Å². The summed E-state index contributed by atoms with van der Waals surface area (Å²) in [6.07, 6.45) is 1.91. The number of ether oxygens (including phenoxy) is 1. The summed E-state index contributed by atoms with van der Waals surface area (Å²) in [5.74, 6) is 6.12. The predicted octanol–water partition coefficient (Wildman–Crippen LogP) is 1.09. The molecule has 0 unspecified atom stereocenters. The van der Waals surface area contributed by atoms with E-state index in [1.54, 1.807) is 0 Å². The molecule has 0 atom stereocenters. The van der Waals surface area contributed by atoms with Crippen LogP contribution in [0.25, 0.3) is 0 Å². The molecule has 1 rings (SSSR count). The highest BCUT2D eigenvalue weighted by Crippen LogP contribution is 2.10. The summed E-state index contributed by atoms with van der Waals surface area (Å²) in [5.41, 5.74) is 2.42. The molecule has 1 heterocycles. The largest absolute Gasteiger partial charge is 0.463 e. The lowest BCUT2D eigenvalue weighted by Crippen LogP contribution is -2.25. The molecule has 120 valence electrons. The molecule has 0 aromatic carbocycles. The van der Waals surface area contributed by atoms with Crippen LogP contribution in [0.4, 0.5) is 11.9 Å². The molecule has 1 aromatic rings. The third kappa shape index (κ3) is 6.54. The molecule has 4 N–H and O–H groups in total. The van der Waals surface area contributed by atoms with Gasteiger partial charge in [0.1, 0.15) is 0 Å². The second-order valence-electron chi connectivity index (χ2n) is 4.57. The van der Waals surface area contributed by atoms with E-state index < -0.39 is 0 Å². The average Bonchev–Trinajstić information content (AvgIpc) is 2.52. The topological polar surface area (TPSA) is 101 Å². The molecular weight excluding hydrogens is 270 g/mol. The number of rotatable bonds is 11. The van der Waals surface area contributed by atoms with Crippen LogP contribution >= 0.6 is 0 Å². The van der Waals surface area contributed by atoms with Crippen LogP contribution in [0.5, 0.6) is 6.01 Å². The van der Waals surface area contributed by atoms with E-state index in [9.17, 15) is 0 Å². The Morgan fingerprint density at radius 2 is 1.81 bits per heavy atom. The Kier molecular flexibility index (Phi) is 8.37. The van der Waals surface area contributed by atoms with Crippen LogP contribution in [0.1, 0.15) is 33.6 Å². The summed E-state index contributed by atoms with van der Waals surface area (Å²) in [5, 5.41) is 3.18. The molecule has 0 radical (unpaired) electrons. The van der Waals surface area contributed by atoms with Crippen LogP contribution < -0.4 is 21.3 Å². The van der Waals surface area contributed by atoms with E-state index in [4.69, 9.17) is 10.6 Å². The zero-order valence-corrected chi connectivity index (χ0v) is 13.2. The maximum Gasteiger partial charge on any atom is 0.323 e. The van der Waals surface area contributed by atoms with Gasteiger partial charge in [0.25, 0.3) is 0 Å². The van der Waals surface area contributed by atoms with Crippen LogP contribution in [-0.4, -0.2) is 52.6 Å². The van der Waals surface area contributed by atoms with Gasteiger partial charge in [-0.05, 0) is 32.5 Å². The maximum atomic E-state index is 5.41. The van der Waals surface area contributed by atoms with E-state index >= 15 is 0 Å². The highest BCUT2D eigenvalue weighted by molar-refractivity contribution is 5.34. The van der Waals surface area contributed by atoms with Crippen LogP contribution in [0, 0.1) is 0 Å². The molecule has 0 aliphatic heterocycles. The summed E-state index contributed by atoms with van der Waals surface area (Å²) in [6, 6.07) is 0.283. The number of hydrogen-bond acceptors (Lipinski definition) is 8. The van der Waals surface area contributed by atoms with Crippen molar-refractivity contribution in [2.24, 2.45) is 5.84 Å². The fourth-order valence-corrected chi connectivity index (χ4v) is 1.80. The van der Waals surface area contributed by atoms with Gasteiger partial charge < -0.3 is 15.0 Å². The average molecular weight is 297 g/mol. The first-order chi connectivity index (χ1) is 10.2. The highest BCUT2D eigenvalue weighted by Gasteiger charge is 2.06. The first-order valence-electron chi connectivity index (χ1n) is 7.55. The monoisotopic (exact) mass is 297 g/mol. The minimum atomic E-state index is 0.283. The van der Waals surface area contributed by atoms with Gasteiger partial charge in [-0.25, -0.2) is 5.84 Å². The summed E-state index contributed by atoms with van der Waals surface area (Å²) in [6.45, 7) is 10.9. The van der Waals surface area contributed by atoms with Crippen molar-refractivity contribution in [2.45, 2.75) is 33.6 Å². The smallest absolute Gasteiger partial charge is 0.323 e. The first-order valence-corrected chi connectivity index (χ1v) is 7.55. The Morgan fingerprint density at radius 1 is 1.10 bits per heavy atom. The summed E-state index contributed by atoms with van der Waals surface area (Å²) in [4.78, 5) is 14.8. The van der Waals surface area contributed by atoms with Crippen molar-refractivity contribution >= 4 is 11.9 Å². The van der Waals surface area contributed by atoms with Gasteiger partial charge in [-0.2, -0.15) is 15.0 Å². The van der Waals surface area contributed by atoms with Gasteiger partial charge in [0.05, 0.1) is 6.61 Å². The van der Waals surface area contributed by atoms with Gasteiger partial charge in [0, 0.05) is 6.54 Å². The van der Waals surface area contributed by atoms with E-state index in [1.807, 2.05) is 6.92 Å². The molecule has 0 saturated heterocycles. The van der Waals surface area contributed by atoms with Crippen molar-refractivity contribution in [3.8, 4) is 6.01 Å². The SMILES string of the molecule is CCCOc1nc(NN)nc(NCCCN(CC)CC)n1. The van der Waals surface area contributed by atoms with Crippen molar-refractivity contribution in [1.29, 1.82) is 0 Å². The molecule has 8 nitrogen and oxygen atoms in total. The van der Waals surface area contributed by atoms with E-state index in [0.717, 1.165) is 39.0 Å². The molecular formula is C13H27N7O. The quantitative estimate of drug-likeness (QED) is 0.317. The normalized spacial score (nSPS) is 10.7. The lowest BCUT2D eigenvalue weighted by Gasteiger charge is -2.17. The molecule has 0 saturated carbocycles. The van der Waals surface area contributed by atoms with Gasteiger partial charge >= 0.3 is 6.01 Å².